The summed E-state index contributed by atoms with van der Waals surface area (Å²) in [4.78, 5) is 19.2. The minimum atomic E-state index is -1.11. The van der Waals surface area contributed by atoms with Crippen molar-refractivity contribution in [2.75, 3.05) is 14.2 Å². The number of carboxylic acid groups (broad SMARTS) is 1. The zero-order valence-electron chi connectivity index (χ0n) is 12.1. The van der Waals surface area contributed by atoms with Crippen molar-refractivity contribution in [3.63, 3.8) is 0 Å². The van der Waals surface area contributed by atoms with Crippen molar-refractivity contribution in [2.24, 2.45) is 0 Å². The van der Waals surface area contributed by atoms with Crippen LogP contribution in [-0.4, -0.2) is 35.3 Å². The Hall–Kier alpha value is -3.02. The summed E-state index contributed by atoms with van der Waals surface area (Å²) in [6.07, 6.45) is 0. The predicted octanol–water partition coefficient (Wildman–Crippen LogP) is 2.95. The number of nitrogens with one attached hydrogen (secondary N) is 1. The van der Waals surface area contributed by atoms with Crippen LogP contribution in [0.15, 0.2) is 36.4 Å². The van der Waals surface area contributed by atoms with Crippen LogP contribution in [0.3, 0.4) is 0 Å². The molecule has 6 heteroatoms. The van der Waals surface area contributed by atoms with Gasteiger partial charge in [-0.15, -0.1) is 0 Å². The fourth-order valence-electron chi connectivity index (χ4n) is 2.42. The highest BCUT2D eigenvalue weighted by molar-refractivity contribution is 6.00. The van der Waals surface area contributed by atoms with E-state index in [4.69, 9.17) is 9.47 Å². The van der Waals surface area contributed by atoms with Gasteiger partial charge < -0.3 is 19.6 Å². The van der Waals surface area contributed by atoms with Crippen LogP contribution in [0.2, 0.25) is 0 Å². The molecule has 0 fully saturated rings. The van der Waals surface area contributed by atoms with Crippen LogP contribution in [0.25, 0.3) is 22.4 Å². The number of hydrogen-bond acceptors (Lipinski definition) is 4. The molecule has 0 saturated heterocycles. The van der Waals surface area contributed by atoms with Gasteiger partial charge in [0.2, 0.25) is 0 Å². The van der Waals surface area contributed by atoms with E-state index in [1.165, 1.54) is 14.2 Å². The maximum Gasteiger partial charge on any atom is 0.340 e. The number of rotatable bonds is 4. The van der Waals surface area contributed by atoms with Gasteiger partial charge in [0.1, 0.15) is 11.4 Å². The molecule has 3 aromatic rings. The Labute approximate surface area is 126 Å². The van der Waals surface area contributed by atoms with Gasteiger partial charge in [-0.05, 0) is 24.3 Å². The minimum absolute atomic E-state index is 0.0147. The number of hydrogen-bond donors (Lipinski definition) is 2. The molecule has 1 aromatic heterocycles. The van der Waals surface area contributed by atoms with Crippen LogP contribution in [-0.2, 0) is 0 Å². The smallest absolute Gasteiger partial charge is 0.340 e. The molecule has 0 atom stereocenters. The molecule has 6 nitrogen and oxygen atoms in total. The number of ether oxygens (including phenoxy) is 2. The van der Waals surface area contributed by atoms with E-state index in [9.17, 15) is 9.90 Å². The molecule has 1 heterocycles. The predicted molar refractivity (Wildman–Crippen MR) is 81.6 cm³/mol. The first-order chi connectivity index (χ1) is 10.7. The summed E-state index contributed by atoms with van der Waals surface area (Å²) in [5.74, 6) is -0.0986. The third kappa shape index (κ3) is 2.14. The van der Waals surface area contributed by atoms with E-state index in [1.54, 1.807) is 12.1 Å². The van der Waals surface area contributed by atoms with Gasteiger partial charge in [-0.1, -0.05) is 12.1 Å². The highest BCUT2D eigenvalue weighted by Gasteiger charge is 2.23. The van der Waals surface area contributed by atoms with Crippen molar-refractivity contribution in [3.05, 3.63) is 42.0 Å². The summed E-state index contributed by atoms with van der Waals surface area (Å²) in [6.45, 7) is 0. The number of aromatic amines is 1. The molecule has 3 rings (SSSR count). The molecular formula is C16H14N2O4. The third-order valence-electron chi connectivity index (χ3n) is 3.40. The number of methoxy groups -OCH3 is 2. The van der Waals surface area contributed by atoms with Crippen LogP contribution >= 0.6 is 0 Å². The highest BCUT2D eigenvalue weighted by atomic mass is 16.5. The Balaban J connectivity index is 2.27. The second kappa shape index (κ2) is 5.40. The quantitative estimate of drug-likeness (QED) is 0.773. The summed E-state index contributed by atoms with van der Waals surface area (Å²) in [7, 11) is 2.87. The molecule has 0 aliphatic rings. The summed E-state index contributed by atoms with van der Waals surface area (Å²) < 4.78 is 10.4. The fourth-order valence-corrected chi connectivity index (χ4v) is 2.42. The van der Waals surface area contributed by atoms with Crippen molar-refractivity contribution in [3.8, 4) is 22.9 Å². The second-order valence-corrected chi connectivity index (χ2v) is 4.63. The average Bonchev–Trinajstić information content (AvgIpc) is 2.96. The zero-order chi connectivity index (χ0) is 15.7. The lowest BCUT2D eigenvalue weighted by Crippen LogP contribution is -2.05. The van der Waals surface area contributed by atoms with E-state index in [1.807, 2.05) is 24.3 Å². The minimum Gasteiger partial charge on any atom is -0.493 e. The number of imidazole rings is 1. The lowest BCUT2D eigenvalue weighted by atomic mass is 10.0. The summed E-state index contributed by atoms with van der Waals surface area (Å²) in [5.41, 5.74) is 2.06. The Bertz CT molecular complexity index is 821. The van der Waals surface area contributed by atoms with E-state index in [2.05, 4.69) is 9.97 Å². The molecule has 22 heavy (non-hydrogen) atoms. The first-order valence-electron chi connectivity index (χ1n) is 6.59. The molecule has 0 aliphatic carbocycles. The van der Waals surface area contributed by atoms with Crippen molar-refractivity contribution < 1.29 is 19.4 Å². The number of aromatic nitrogens is 2. The average molecular weight is 298 g/mol. The van der Waals surface area contributed by atoms with E-state index < -0.39 is 5.97 Å². The Morgan fingerprint density at radius 3 is 2.55 bits per heavy atom. The maximum absolute atomic E-state index is 11.7. The molecule has 112 valence electrons. The van der Waals surface area contributed by atoms with Crippen LogP contribution in [0.1, 0.15) is 10.4 Å². The van der Waals surface area contributed by atoms with Gasteiger partial charge in [-0.25, -0.2) is 9.78 Å². The first kappa shape index (κ1) is 13.9. The highest BCUT2D eigenvalue weighted by Crippen LogP contribution is 2.37. The van der Waals surface area contributed by atoms with Gasteiger partial charge in [-0.3, -0.25) is 0 Å². The number of fused-ring (bicyclic) bond motifs is 1. The van der Waals surface area contributed by atoms with Crippen molar-refractivity contribution in [1.82, 2.24) is 9.97 Å². The van der Waals surface area contributed by atoms with E-state index in [0.29, 0.717) is 17.1 Å². The van der Waals surface area contributed by atoms with Crippen molar-refractivity contribution in [2.45, 2.75) is 0 Å². The number of aromatic carboxylic acids is 1. The van der Waals surface area contributed by atoms with Gasteiger partial charge in [0.05, 0.1) is 25.3 Å². The number of para-hydroxylation sites is 2. The molecule has 0 aliphatic heterocycles. The van der Waals surface area contributed by atoms with E-state index in [-0.39, 0.29) is 11.3 Å². The standard InChI is InChI=1S/C16H14N2O4/c1-21-12-8-7-9(13(16(19)20)14(12)22-2)15-17-10-5-3-4-6-11(10)18-15/h3-8H,1-2H3,(H,17,18)(H,19,20). The number of carbonyl (C=O) groups is 1. The second-order valence-electron chi connectivity index (χ2n) is 4.63. The SMILES string of the molecule is COc1ccc(-c2nc3ccccc3[nH]2)c(C(=O)O)c1OC. The molecule has 0 unspecified atom stereocenters. The normalized spacial score (nSPS) is 10.6. The van der Waals surface area contributed by atoms with Crippen molar-refractivity contribution >= 4 is 17.0 Å². The topological polar surface area (TPSA) is 84.4 Å². The summed E-state index contributed by atoms with van der Waals surface area (Å²) in [6, 6.07) is 10.8. The van der Waals surface area contributed by atoms with Gasteiger partial charge >= 0.3 is 5.97 Å². The van der Waals surface area contributed by atoms with E-state index >= 15 is 0 Å². The summed E-state index contributed by atoms with van der Waals surface area (Å²) in [5, 5.41) is 9.56. The molecule has 0 amide bonds. The molecule has 2 N–H and O–H groups in total. The molecular weight excluding hydrogens is 284 g/mol. The number of carboxylic acids is 1. The molecule has 2 aromatic carbocycles. The largest absolute Gasteiger partial charge is 0.493 e. The molecule has 0 bridgehead atoms. The lowest BCUT2D eigenvalue weighted by molar-refractivity contribution is 0.0693. The van der Waals surface area contributed by atoms with Crippen LogP contribution in [0.4, 0.5) is 0 Å². The Morgan fingerprint density at radius 1 is 1.14 bits per heavy atom. The number of H-pyrrole nitrogens is 1. The van der Waals surface area contributed by atoms with Crippen molar-refractivity contribution in [1.29, 1.82) is 0 Å². The fraction of sp³-hybridized carbons (Fsp3) is 0.125. The van der Waals surface area contributed by atoms with E-state index in [0.717, 1.165) is 11.0 Å². The Kier molecular flexibility index (Phi) is 3.42. The maximum atomic E-state index is 11.7. The first-order valence-corrected chi connectivity index (χ1v) is 6.59. The monoisotopic (exact) mass is 298 g/mol. The van der Waals surface area contributed by atoms with Gasteiger partial charge in [0.25, 0.3) is 0 Å². The van der Waals surface area contributed by atoms with Crippen LogP contribution in [0.5, 0.6) is 11.5 Å². The lowest BCUT2D eigenvalue weighted by Gasteiger charge is -2.13. The van der Waals surface area contributed by atoms with Gasteiger partial charge in [0.15, 0.2) is 11.5 Å². The molecule has 0 saturated carbocycles. The van der Waals surface area contributed by atoms with Gasteiger partial charge in [-0.2, -0.15) is 0 Å². The van der Waals surface area contributed by atoms with Crippen LogP contribution < -0.4 is 9.47 Å². The molecule has 0 spiro atoms. The molecule has 0 radical (unpaired) electrons. The zero-order valence-corrected chi connectivity index (χ0v) is 12.1. The number of nitrogens with zero attached hydrogens (tertiary/aromatic N) is 1. The summed E-state index contributed by atoms with van der Waals surface area (Å²) >= 11 is 0. The Morgan fingerprint density at radius 2 is 1.91 bits per heavy atom. The number of benzene rings is 2. The van der Waals surface area contributed by atoms with Crippen LogP contribution in [0, 0.1) is 0 Å². The van der Waals surface area contributed by atoms with Gasteiger partial charge in [0, 0.05) is 5.56 Å². The third-order valence-corrected chi connectivity index (χ3v) is 3.40.